The van der Waals surface area contributed by atoms with Gasteiger partial charge in [0.2, 0.25) is 0 Å². The normalized spacial score (nSPS) is 12.2. The predicted molar refractivity (Wildman–Crippen MR) is 48.2 cm³/mol. The summed E-state index contributed by atoms with van der Waals surface area (Å²) < 4.78 is 0. The van der Waals surface area contributed by atoms with Crippen molar-refractivity contribution < 1.29 is 4.79 Å². The SMILES string of the molecule is CC(CN(C)C(N)=O)C(N)=S. The molecule has 0 aliphatic heterocycles. The third-order valence-corrected chi connectivity index (χ3v) is 1.81. The van der Waals surface area contributed by atoms with Gasteiger partial charge in [0.1, 0.15) is 0 Å². The fraction of sp³-hybridized carbons (Fsp3) is 0.667. The van der Waals surface area contributed by atoms with Gasteiger partial charge in [0.05, 0.1) is 4.99 Å². The molecule has 64 valence electrons. The highest BCUT2D eigenvalue weighted by Crippen LogP contribution is 1.97. The van der Waals surface area contributed by atoms with Gasteiger partial charge in [0, 0.05) is 19.5 Å². The smallest absolute Gasteiger partial charge is 0.314 e. The van der Waals surface area contributed by atoms with E-state index < -0.39 is 6.03 Å². The van der Waals surface area contributed by atoms with Gasteiger partial charge in [-0.2, -0.15) is 0 Å². The zero-order chi connectivity index (χ0) is 9.02. The molecule has 0 saturated carbocycles. The molecule has 0 heterocycles. The second-order valence-electron chi connectivity index (χ2n) is 2.52. The predicted octanol–water partition coefficient (Wildman–Crippen LogP) is -0.0809. The summed E-state index contributed by atoms with van der Waals surface area (Å²) in [5.74, 6) is 0.0162. The Bertz CT molecular complexity index is 153. The first-order valence-corrected chi connectivity index (χ1v) is 3.66. The first-order chi connectivity index (χ1) is 4.95. The lowest BCUT2D eigenvalue weighted by molar-refractivity contribution is 0.216. The molecule has 0 aromatic carbocycles. The van der Waals surface area contributed by atoms with Crippen LogP contribution in [-0.2, 0) is 0 Å². The molecule has 0 fully saturated rings. The molecule has 1 unspecified atom stereocenters. The van der Waals surface area contributed by atoms with Crippen molar-refractivity contribution in [2.45, 2.75) is 6.92 Å². The van der Waals surface area contributed by atoms with E-state index in [9.17, 15) is 4.79 Å². The van der Waals surface area contributed by atoms with Crippen LogP contribution < -0.4 is 11.5 Å². The van der Waals surface area contributed by atoms with Crippen molar-refractivity contribution in [1.82, 2.24) is 4.90 Å². The second kappa shape index (κ2) is 4.12. The number of nitrogens with zero attached hydrogens (tertiary/aromatic N) is 1. The van der Waals surface area contributed by atoms with E-state index in [1.54, 1.807) is 7.05 Å². The first-order valence-electron chi connectivity index (χ1n) is 3.25. The van der Waals surface area contributed by atoms with Gasteiger partial charge in [0.25, 0.3) is 0 Å². The molecule has 0 aliphatic rings. The zero-order valence-corrected chi connectivity index (χ0v) is 7.52. The summed E-state index contributed by atoms with van der Waals surface area (Å²) in [6, 6.07) is -0.465. The lowest BCUT2D eigenvalue weighted by Gasteiger charge is -2.18. The Labute approximate surface area is 71.5 Å². The molecule has 0 bridgehead atoms. The minimum atomic E-state index is -0.465. The van der Waals surface area contributed by atoms with Crippen molar-refractivity contribution >= 4 is 23.2 Å². The third kappa shape index (κ3) is 3.77. The number of carbonyl (C=O) groups is 1. The summed E-state index contributed by atoms with van der Waals surface area (Å²) in [6.07, 6.45) is 0. The third-order valence-electron chi connectivity index (χ3n) is 1.41. The highest BCUT2D eigenvalue weighted by Gasteiger charge is 2.10. The molecule has 0 aromatic heterocycles. The van der Waals surface area contributed by atoms with E-state index in [0.717, 1.165) is 0 Å². The number of thiocarbonyl (C=S) groups is 1. The Hall–Kier alpha value is -0.840. The molecule has 0 rings (SSSR count). The molecule has 11 heavy (non-hydrogen) atoms. The van der Waals surface area contributed by atoms with E-state index in [0.29, 0.717) is 11.5 Å². The molecular formula is C6H13N3OS. The maximum Gasteiger partial charge on any atom is 0.314 e. The minimum absolute atomic E-state index is 0.0162. The van der Waals surface area contributed by atoms with Crippen molar-refractivity contribution in [3.8, 4) is 0 Å². The number of urea groups is 1. The summed E-state index contributed by atoms with van der Waals surface area (Å²) in [5.41, 5.74) is 10.3. The van der Waals surface area contributed by atoms with Crippen LogP contribution >= 0.6 is 12.2 Å². The van der Waals surface area contributed by atoms with Gasteiger partial charge in [-0.25, -0.2) is 4.79 Å². The molecule has 1 atom stereocenters. The fourth-order valence-electron chi connectivity index (χ4n) is 0.591. The molecule has 2 amide bonds. The highest BCUT2D eigenvalue weighted by molar-refractivity contribution is 7.80. The van der Waals surface area contributed by atoms with Crippen LogP contribution in [0.4, 0.5) is 4.79 Å². The van der Waals surface area contributed by atoms with Crippen LogP contribution in [0.1, 0.15) is 6.92 Å². The zero-order valence-electron chi connectivity index (χ0n) is 6.70. The number of nitrogens with two attached hydrogens (primary N) is 2. The van der Waals surface area contributed by atoms with Gasteiger partial charge >= 0.3 is 6.03 Å². The van der Waals surface area contributed by atoms with E-state index in [2.05, 4.69) is 0 Å². The highest BCUT2D eigenvalue weighted by atomic mass is 32.1. The van der Waals surface area contributed by atoms with Crippen LogP contribution in [0.15, 0.2) is 0 Å². The number of amides is 2. The summed E-state index contributed by atoms with van der Waals surface area (Å²) >= 11 is 4.72. The molecule has 4 N–H and O–H groups in total. The van der Waals surface area contributed by atoms with E-state index in [4.69, 9.17) is 23.7 Å². The number of hydrogen-bond donors (Lipinski definition) is 2. The maximum atomic E-state index is 10.5. The molecule has 0 spiro atoms. The summed E-state index contributed by atoms with van der Waals surface area (Å²) in [6.45, 7) is 2.33. The molecule has 5 heteroatoms. The number of hydrogen-bond acceptors (Lipinski definition) is 2. The van der Waals surface area contributed by atoms with Gasteiger partial charge in [-0.15, -0.1) is 0 Å². The van der Waals surface area contributed by atoms with Crippen LogP contribution in [0, 0.1) is 5.92 Å². The lowest BCUT2D eigenvalue weighted by atomic mass is 10.2. The van der Waals surface area contributed by atoms with E-state index in [1.807, 2.05) is 6.92 Å². The molecule has 0 saturated heterocycles. The Kier molecular flexibility index (Phi) is 3.81. The van der Waals surface area contributed by atoms with Crippen LogP contribution in [-0.4, -0.2) is 29.5 Å². The Morgan fingerprint density at radius 2 is 2.09 bits per heavy atom. The monoisotopic (exact) mass is 175 g/mol. The van der Waals surface area contributed by atoms with Crippen molar-refractivity contribution in [1.29, 1.82) is 0 Å². The quantitative estimate of drug-likeness (QED) is 0.589. The summed E-state index contributed by atoms with van der Waals surface area (Å²) in [5, 5.41) is 0. The van der Waals surface area contributed by atoms with Crippen molar-refractivity contribution in [3.05, 3.63) is 0 Å². The first kappa shape index (κ1) is 10.2. The second-order valence-corrected chi connectivity index (χ2v) is 2.99. The number of primary amides is 1. The van der Waals surface area contributed by atoms with Crippen molar-refractivity contribution in [3.63, 3.8) is 0 Å². The number of carbonyl (C=O) groups excluding carboxylic acids is 1. The molecule has 0 aliphatic carbocycles. The van der Waals surface area contributed by atoms with Gasteiger partial charge in [-0.1, -0.05) is 19.1 Å². The van der Waals surface area contributed by atoms with Crippen LogP contribution in [0.5, 0.6) is 0 Å². The van der Waals surface area contributed by atoms with Crippen LogP contribution in [0.2, 0.25) is 0 Å². The maximum absolute atomic E-state index is 10.5. The standard InChI is InChI=1S/C6H13N3OS/c1-4(5(7)11)3-9(2)6(8)10/h4H,3H2,1-2H3,(H2,7,11)(H2,8,10). The van der Waals surface area contributed by atoms with Crippen LogP contribution in [0.3, 0.4) is 0 Å². The van der Waals surface area contributed by atoms with Crippen LogP contribution in [0.25, 0.3) is 0 Å². The largest absolute Gasteiger partial charge is 0.393 e. The Balaban J connectivity index is 3.84. The minimum Gasteiger partial charge on any atom is -0.393 e. The number of rotatable bonds is 3. The van der Waals surface area contributed by atoms with Gasteiger partial charge in [-0.3, -0.25) is 0 Å². The summed E-state index contributed by atoms with van der Waals surface area (Å²) in [4.78, 5) is 12.3. The fourth-order valence-corrected chi connectivity index (χ4v) is 0.665. The Morgan fingerprint density at radius 3 is 2.36 bits per heavy atom. The van der Waals surface area contributed by atoms with E-state index in [1.165, 1.54) is 4.90 Å². The molecule has 0 aromatic rings. The van der Waals surface area contributed by atoms with Crippen molar-refractivity contribution in [2.24, 2.45) is 17.4 Å². The van der Waals surface area contributed by atoms with Gasteiger partial charge < -0.3 is 16.4 Å². The molecule has 0 radical (unpaired) electrons. The lowest BCUT2D eigenvalue weighted by Crippen LogP contribution is -2.38. The summed E-state index contributed by atoms with van der Waals surface area (Å²) in [7, 11) is 1.61. The van der Waals surface area contributed by atoms with E-state index >= 15 is 0 Å². The van der Waals surface area contributed by atoms with Gasteiger partial charge in [-0.05, 0) is 0 Å². The van der Waals surface area contributed by atoms with E-state index in [-0.39, 0.29) is 5.92 Å². The van der Waals surface area contributed by atoms with Gasteiger partial charge in [0.15, 0.2) is 0 Å². The van der Waals surface area contributed by atoms with Crippen molar-refractivity contribution in [2.75, 3.05) is 13.6 Å². The average Bonchev–Trinajstić information content (AvgIpc) is 1.87. The molecular weight excluding hydrogens is 162 g/mol. The topological polar surface area (TPSA) is 72.3 Å². The molecule has 4 nitrogen and oxygen atoms in total. The Morgan fingerprint density at radius 1 is 1.64 bits per heavy atom. The average molecular weight is 175 g/mol.